The van der Waals surface area contributed by atoms with E-state index in [0.29, 0.717) is 17.9 Å². The molecule has 5 heteroatoms. The molecule has 4 rings (SSSR count). The number of para-hydroxylation sites is 2. The summed E-state index contributed by atoms with van der Waals surface area (Å²) in [6, 6.07) is 18.8. The van der Waals surface area contributed by atoms with Gasteiger partial charge in [-0.2, -0.15) is 0 Å². The van der Waals surface area contributed by atoms with Gasteiger partial charge in [0.05, 0.1) is 23.9 Å². The van der Waals surface area contributed by atoms with E-state index in [9.17, 15) is 5.11 Å². The first kappa shape index (κ1) is 15.2. The summed E-state index contributed by atoms with van der Waals surface area (Å²) in [6.07, 6.45) is 1.66. The van der Waals surface area contributed by atoms with Crippen molar-refractivity contribution in [3.05, 3.63) is 72.7 Å². The van der Waals surface area contributed by atoms with Crippen LogP contribution in [-0.2, 0) is 6.54 Å². The topological polar surface area (TPSA) is 62.4 Å². The smallest absolute Gasteiger partial charge is 0.165 e. The van der Waals surface area contributed by atoms with Crippen molar-refractivity contribution < 1.29 is 9.52 Å². The van der Waals surface area contributed by atoms with Crippen molar-refractivity contribution in [2.45, 2.75) is 6.54 Å². The third-order valence-corrected chi connectivity index (χ3v) is 4.06. The van der Waals surface area contributed by atoms with Crippen LogP contribution in [0.1, 0.15) is 5.76 Å². The minimum atomic E-state index is 0.164. The normalized spacial score (nSPS) is 10.9. The van der Waals surface area contributed by atoms with Crippen LogP contribution >= 0.6 is 0 Å². The van der Waals surface area contributed by atoms with E-state index in [-0.39, 0.29) is 5.75 Å². The van der Waals surface area contributed by atoms with Crippen molar-refractivity contribution in [1.82, 2.24) is 9.97 Å². The average Bonchev–Trinajstić information content (AvgIpc) is 3.14. The molecule has 25 heavy (non-hydrogen) atoms. The molecule has 0 bridgehead atoms. The molecule has 0 unspecified atom stereocenters. The van der Waals surface area contributed by atoms with Crippen LogP contribution in [0.2, 0.25) is 0 Å². The minimum Gasteiger partial charge on any atom is -0.507 e. The second-order valence-electron chi connectivity index (χ2n) is 5.84. The first-order chi connectivity index (χ1) is 12.2. The Morgan fingerprint density at radius 1 is 0.960 bits per heavy atom. The molecule has 1 N–H and O–H groups in total. The molecule has 2 heterocycles. The van der Waals surface area contributed by atoms with Gasteiger partial charge in [-0.05, 0) is 36.4 Å². The van der Waals surface area contributed by atoms with Crippen molar-refractivity contribution in [2.75, 3.05) is 11.9 Å². The van der Waals surface area contributed by atoms with Gasteiger partial charge in [0.1, 0.15) is 17.3 Å². The van der Waals surface area contributed by atoms with Crippen molar-refractivity contribution in [3.63, 3.8) is 0 Å². The molecule has 2 aromatic carbocycles. The number of furan rings is 1. The number of benzene rings is 2. The van der Waals surface area contributed by atoms with E-state index in [4.69, 9.17) is 9.40 Å². The minimum absolute atomic E-state index is 0.164. The Balaban J connectivity index is 1.86. The molecule has 0 spiro atoms. The lowest BCUT2D eigenvalue weighted by Crippen LogP contribution is -2.18. The van der Waals surface area contributed by atoms with Crippen molar-refractivity contribution in [2.24, 2.45) is 0 Å². The third-order valence-electron chi connectivity index (χ3n) is 4.06. The number of fused-ring (bicyclic) bond motifs is 1. The maximum absolute atomic E-state index is 10.2. The summed E-state index contributed by atoms with van der Waals surface area (Å²) >= 11 is 0. The lowest BCUT2D eigenvalue weighted by Gasteiger charge is -2.19. The van der Waals surface area contributed by atoms with E-state index in [1.807, 2.05) is 60.5 Å². The van der Waals surface area contributed by atoms with Gasteiger partial charge in [-0.1, -0.05) is 24.3 Å². The maximum atomic E-state index is 10.2. The molecule has 0 fully saturated rings. The number of aromatic nitrogens is 2. The summed E-state index contributed by atoms with van der Waals surface area (Å²) < 4.78 is 5.45. The summed E-state index contributed by atoms with van der Waals surface area (Å²) in [5, 5.41) is 11.1. The molecule has 0 aliphatic rings. The van der Waals surface area contributed by atoms with Gasteiger partial charge in [-0.25, -0.2) is 9.97 Å². The zero-order valence-corrected chi connectivity index (χ0v) is 13.8. The van der Waals surface area contributed by atoms with E-state index in [1.54, 1.807) is 18.4 Å². The quantitative estimate of drug-likeness (QED) is 0.606. The van der Waals surface area contributed by atoms with Crippen LogP contribution in [0.15, 0.2) is 71.3 Å². The van der Waals surface area contributed by atoms with Crippen LogP contribution < -0.4 is 4.90 Å². The van der Waals surface area contributed by atoms with E-state index >= 15 is 0 Å². The molecule has 0 aliphatic carbocycles. The second-order valence-corrected chi connectivity index (χ2v) is 5.84. The molecule has 2 aromatic heterocycles. The molecular weight excluding hydrogens is 314 g/mol. The average molecular weight is 331 g/mol. The summed E-state index contributed by atoms with van der Waals surface area (Å²) in [4.78, 5) is 11.4. The largest absolute Gasteiger partial charge is 0.507 e. The van der Waals surface area contributed by atoms with E-state index < -0.39 is 0 Å². The Hall–Kier alpha value is -3.34. The van der Waals surface area contributed by atoms with Crippen LogP contribution in [0.4, 0.5) is 5.82 Å². The number of phenolic OH excluding ortho intramolecular Hbond substituents is 1. The number of anilines is 1. The Kier molecular flexibility index (Phi) is 3.82. The number of rotatable bonds is 4. The first-order valence-corrected chi connectivity index (χ1v) is 8.01. The van der Waals surface area contributed by atoms with Gasteiger partial charge in [0.15, 0.2) is 5.82 Å². The lowest BCUT2D eigenvalue weighted by atomic mass is 10.1. The van der Waals surface area contributed by atoms with Crippen LogP contribution in [-0.4, -0.2) is 22.1 Å². The highest BCUT2D eigenvalue weighted by Crippen LogP contribution is 2.31. The Labute approximate surface area is 145 Å². The van der Waals surface area contributed by atoms with Gasteiger partial charge in [-0.15, -0.1) is 0 Å². The number of phenols is 1. The van der Waals surface area contributed by atoms with Crippen LogP contribution in [0, 0.1) is 0 Å². The van der Waals surface area contributed by atoms with E-state index in [1.165, 1.54) is 0 Å². The zero-order chi connectivity index (χ0) is 17.2. The SMILES string of the molecule is CN(Cc1ccco1)c1nc(-c2ccccc2O)nc2ccccc12. The summed E-state index contributed by atoms with van der Waals surface area (Å²) in [6.45, 7) is 0.591. The third kappa shape index (κ3) is 2.92. The van der Waals surface area contributed by atoms with Gasteiger partial charge in [0.25, 0.3) is 0 Å². The predicted octanol–water partition coefficient (Wildman–Crippen LogP) is 4.23. The Morgan fingerprint density at radius 3 is 2.56 bits per heavy atom. The van der Waals surface area contributed by atoms with Crippen molar-refractivity contribution in [1.29, 1.82) is 0 Å². The van der Waals surface area contributed by atoms with Gasteiger partial charge < -0.3 is 14.4 Å². The molecule has 124 valence electrons. The Morgan fingerprint density at radius 2 is 1.76 bits per heavy atom. The van der Waals surface area contributed by atoms with Gasteiger partial charge in [-0.3, -0.25) is 0 Å². The molecule has 0 radical (unpaired) electrons. The molecule has 4 aromatic rings. The molecule has 0 atom stereocenters. The Bertz CT molecular complexity index is 1010. The highest BCUT2D eigenvalue weighted by Gasteiger charge is 2.15. The summed E-state index contributed by atoms with van der Waals surface area (Å²) in [5.74, 6) is 2.31. The summed E-state index contributed by atoms with van der Waals surface area (Å²) in [7, 11) is 1.96. The maximum Gasteiger partial charge on any atom is 0.165 e. The van der Waals surface area contributed by atoms with Crippen LogP contribution in [0.25, 0.3) is 22.3 Å². The molecular formula is C20H17N3O2. The van der Waals surface area contributed by atoms with Gasteiger partial charge >= 0.3 is 0 Å². The highest BCUT2D eigenvalue weighted by atomic mass is 16.3. The monoisotopic (exact) mass is 331 g/mol. The molecule has 5 nitrogen and oxygen atoms in total. The number of aromatic hydroxyl groups is 1. The van der Waals surface area contributed by atoms with E-state index in [0.717, 1.165) is 22.5 Å². The van der Waals surface area contributed by atoms with Crippen LogP contribution in [0.5, 0.6) is 5.75 Å². The summed E-state index contributed by atoms with van der Waals surface area (Å²) in [5.41, 5.74) is 1.44. The molecule has 0 saturated heterocycles. The molecule has 0 aliphatic heterocycles. The van der Waals surface area contributed by atoms with Crippen molar-refractivity contribution >= 4 is 16.7 Å². The molecule has 0 saturated carbocycles. The number of hydrogen-bond acceptors (Lipinski definition) is 5. The number of hydrogen-bond donors (Lipinski definition) is 1. The fourth-order valence-electron chi connectivity index (χ4n) is 2.85. The molecule has 0 amide bonds. The highest BCUT2D eigenvalue weighted by molar-refractivity contribution is 5.91. The zero-order valence-electron chi connectivity index (χ0n) is 13.8. The first-order valence-electron chi connectivity index (χ1n) is 8.01. The van der Waals surface area contributed by atoms with Gasteiger partial charge in [0, 0.05) is 12.4 Å². The van der Waals surface area contributed by atoms with Crippen molar-refractivity contribution in [3.8, 4) is 17.1 Å². The lowest BCUT2D eigenvalue weighted by molar-refractivity contribution is 0.477. The predicted molar refractivity (Wildman–Crippen MR) is 97.5 cm³/mol. The van der Waals surface area contributed by atoms with E-state index in [2.05, 4.69) is 4.98 Å². The fraction of sp³-hybridized carbons (Fsp3) is 0.100. The fourth-order valence-corrected chi connectivity index (χ4v) is 2.85. The van der Waals surface area contributed by atoms with Gasteiger partial charge in [0.2, 0.25) is 0 Å². The second kappa shape index (κ2) is 6.28. The van der Waals surface area contributed by atoms with Crippen LogP contribution in [0.3, 0.4) is 0 Å². The standard InChI is InChI=1S/C20H17N3O2/c1-23(13-14-7-6-12-25-14)20-15-8-2-4-10-17(15)21-19(22-20)16-9-3-5-11-18(16)24/h2-12,24H,13H2,1H3. The number of nitrogens with zero attached hydrogens (tertiary/aromatic N) is 3.